The van der Waals surface area contributed by atoms with Gasteiger partial charge in [0, 0.05) is 18.8 Å². The molecule has 0 saturated carbocycles. The summed E-state index contributed by atoms with van der Waals surface area (Å²) in [7, 11) is -3.38. The molecule has 6 heteroatoms. The topological polar surface area (TPSA) is 85.1 Å². The second-order valence-corrected chi connectivity index (χ2v) is 5.03. The summed E-state index contributed by atoms with van der Waals surface area (Å²) in [6.45, 7) is 2.25. The molecule has 15 heavy (non-hydrogen) atoms. The number of pyridine rings is 1. The number of hydrogen-bond acceptors (Lipinski definition) is 4. The first kappa shape index (κ1) is 12.1. The van der Waals surface area contributed by atoms with E-state index in [1.54, 1.807) is 6.20 Å². The standard InChI is InChI=1S/C9H15N3O2S/c1-8(9-4-2-3-5-12-9)11-6-7-15(10,13)14/h2-5,8,11H,6-7H2,1H3,(H2,10,13,14)/t8-/m1/s1. The predicted molar refractivity (Wildman–Crippen MR) is 58.6 cm³/mol. The Morgan fingerprint density at radius 1 is 1.53 bits per heavy atom. The number of nitrogens with one attached hydrogen (secondary N) is 1. The first-order chi connectivity index (χ1) is 6.99. The van der Waals surface area contributed by atoms with Gasteiger partial charge in [-0.2, -0.15) is 0 Å². The van der Waals surface area contributed by atoms with Gasteiger partial charge in [-0.25, -0.2) is 13.6 Å². The van der Waals surface area contributed by atoms with E-state index in [2.05, 4.69) is 10.3 Å². The van der Waals surface area contributed by atoms with Crippen molar-refractivity contribution in [2.45, 2.75) is 13.0 Å². The van der Waals surface area contributed by atoms with Crippen LogP contribution in [0.25, 0.3) is 0 Å². The first-order valence-corrected chi connectivity index (χ1v) is 6.35. The Balaban J connectivity index is 2.41. The molecule has 1 rings (SSSR count). The van der Waals surface area contributed by atoms with Gasteiger partial charge in [-0.05, 0) is 19.1 Å². The normalized spacial score (nSPS) is 13.7. The SMILES string of the molecule is C[C@@H](NCCS(N)(=O)=O)c1ccccn1. The van der Waals surface area contributed by atoms with E-state index in [1.165, 1.54) is 0 Å². The fraction of sp³-hybridized carbons (Fsp3) is 0.444. The lowest BCUT2D eigenvalue weighted by molar-refractivity contribution is 0.566. The molecule has 0 radical (unpaired) electrons. The zero-order valence-corrected chi connectivity index (χ0v) is 9.37. The lowest BCUT2D eigenvalue weighted by Gasteiger charge is -2.12. The van der Waals surface area contributed by atoms with Gasteiger partial charge in [0.25, 0.3) is 0 Å². The maximum Gasteiger partial charge on any atom is 0.210 e. The number of nitrogens with zero attached hydrogens (tertiary/aromatic N) is 1. The number of hydrogen-bond donors (Lipinski definition) is 2. The fourth-order valence-electron chi connectivity index (χ4n) is 1.15. The van der Waals surface area contributed by atoms with Gasteiger partial charge in [0.15, 0.2) is 0 Å². The third kappa shape index (κ3) is 4.87. The molecule has 0 aliphatic heterocycles. The summed E-state index contributed by atoms with van der Waals surface area (Å²) < 4.78 is 21.3. The van der Waals surface area contributed by atoms with Crippen LogP contribution in [0.4, 0.5) is 0 Å². The van der Waals surface area contributed by atoms with Crippen molar-refractivity contribution in [3.8, 4) is 0 Å². The fourth-order valence-corrected chi connectivity index (χ4v) is 1.56. The van der Waals surface area contributed by atoms with E-state index in [0.717, 1.165) is 5.69 Å². The minimum Gasteiger partial charge on any atom is -0.308 e. The molecule has 1 heterocycles. The van der Waals surface area contributed by atoms with Crippen molar-refractivity contribution < 1.29 is 8.42 Å². The Bertz CT molecular complexity index is 391. The molecular weight excluding hydrogens is 214 g/mol. The summed E-state index contributed by atoms with van der Waals surface area (Å²) in [5.74, 6) is -0.0653. The van der Waals surface area contributed by atoms with Gasteiger partial charge in [0.1, 0.15) is 0 Å². The number of sulfonamides is 1. The molecule has 1 atom stereocenters. The third-order valence-electron chi connectivity index (χ3n) is 1.97. The van der Waals surface area contributed by atoms with E-state index in [0.29, 0.717) is 6.54 Å². The molecular formula is C9H15N3O2S. The van der Waals surface area contributed by atoms with Gasteiger partial charge in [-0.1, -0.05) is 6.07 Å². The number of primary sulfonamides is 1. The van der Waals surface area contributed by atoms with E-state index >= 15 is 0 Å². The van der Waals surface area contributed by atoms with E-state index in [9.17, 15) is 8.42 Å². The Hall–Kier alpha value is -0.980. The summed E-state index contributed by atoms with van der Waals surface area (Å²) in [4.78, 5) is 4.15. The first-order valence-electron chi connectivity index (χ1n) is 4.64. The van der Waals surface area contributed by atoms with Crippen LogP contribution in [0.2, 0.25) is 0 Å². The molecule has 0 aliphatic carbocycles. The summed E-state index contributed by atoms with van der Waals surface area (Å²) in [5, 5.41) is 7.91. The molecule has 84 valence electrons. The van der Waals surface area contributed by atoms with Crippen LogP contribution in [0.1, 0.15) is 18.7 Å². The highest BCUT2D eigenvalue weighted by atomic mass is 32.2. The summed E-state index contributed by atoms with van der Waals surface area (Å²) >= 11 is 0. The molecule has 3 N–H and O–H groups in total. The smallest absolute Gasteiger partial charge is 0.210 e. The van der Waals surface area contributed by atoms with Crippen molar-refractivity contribution in [2.24, 2.45) is 5.14 Å². The van der Waals surface area contributed by atoms with Gasteiger partial charge in [0.2, 0.25) is 10.0 Å². The maximum absolute atomic E-state index is 10.7. The zero-order valence-electron chi connectivity index (χ0n) is 8.55. The molecule has 0 bridgehead atoms. The molecule has 0 unspecified atom stereocenters. The second-order valence-electron chi connectivity index (χ2n) is 3.30. The zero-order chi connectivity index (χ0) is 11.3. The molecule has 0 saturated heterocycles. The van der Waals surface area contributed by atoms with Crippen LogP contribution in [-0.4, -0.2) is 25.7 Å². The number of aromatic nitrogens is 1. The van der Waals surface area contributed by atoms with E-state index < -0.39 is 10.0 Å². The van der Waals surface area contributed by atoms with E-state index in [-0.39, 0.29) is 11.8 Å². The van der Waals surface area contributed by atoms with Gasteiger partial charge in [0.05, 0.1) is 11.4 Å². The van der Waals surface area contributed by atoms with Gasteiger partial charge in [-0.3, -0.25) is 4.98 Å². The van der Waals surface area contributed by atoms with Gasteiger partial charge < -0.3 is 5.32 Å². The Morgan fingerprint density at radius 3 is 2.80 bits per heavy atom. The average Bonchev–Trinajstić information content (AvgIpc) is 2.17. The van der Waals surface area contributed by atoms with E-state index in [1.807, 2.05) is 25.1 Å². The third-order valence-corrected chi connectivity index (χ3v) is 2.74. The molecule has 1 aromatic rings. The highest BCUT2D eigenvalue weighted by molar-refractivity contribution is 7.89. The largest absolute Gasteiger partial charge is 0.308 e. The van der Waals surface area contributed by atoms with Crippen molar-refractivity contribution in [1.29, 1.82) is 0 Å². The van der Waals surface area contributed by atoms with Crippen LogP contribution >= 0.6 is 0 Å². The number of nitrogens with two attached hydrogens (primary N) is 1. The van der Waals surface area contributed by atoms with Crippen LogP contribution < -0.4 is 10.5 Å². The van der Waals surface area contributed by atoms with Crippen LogP contribution in [0.3, 0.4) is 0 Å². The van der Waals surface area contributed by atoms with Crippen molar-refractivity contribution in [2.75, 3.05) is 12.3 Å². The van der Waals surface area contributed by atoms with Crippen molar-refractivity contribution in [3.05, 3.63) is 30.1 Å². The van der Waals surface area contributed by atoms with Crippen molar-refractivity contribution in [3.63, 3.8) is 0 Å². The molecule has 0 aromatic carbocycles. The molecule has 5 nitrogen and oxygen atoms in total. The Labute approximate surface area is 89.8 Å². The predicted octanol–water partition coefficient (Wildman–Crippen LogP) is 0.0207. The molecule has 0 spiro atoms. The minimum absolute atomic E-state index is 0.0212. The quantitative estimate of drug-likeness (QED) is 0.745. The number of rotatable bonds is 5. The van der Waals surface area contributed by atoms with Gasteiger partial charge in [-0.15, -0.1) is 0 Å². The monoisotopic (exact) mass is 229 g/mol. The van der Waals surface area contributed by atoms with E-state index in [4.69, 9.17) is 5.14 Å². The Morgan fingerprint density at radius 2 is 2.27 bits per heavy atom. The lowest BCUT2D eigenvalue weighted by Crippen LogP contribution is -2.29. The summed E-state index contributed by atoms with van der Waals surface area (Å²) in [6.07, 6.45) is 1.70. The maximum atomic E-state index is 10.7. The molecule has 0 fully saturated rings. The van der Waals surface area contributed by atoms with Crippen molar-refractivity contribution >= 4 is 10.0 Å². The molecule has 1 aromatic heterocycles. The minimum atomic E-state index is -3.38. The van der Waals surface area contributed by atoms with Crippen molar-refractivity contribution in [1.82, 2.24) is 10.3 Å². The van der Waals surface area contributed by atoms with Crippen LogP contribution in [0.15, 0.2) is 24.4 Å². The lowest BCUT2D eigenvalue weighted by atomic mass is 10.2. The molecule has 0 amide bonds. The van der Waals surface area contributed by atoms with Crippen LogP contribution in [0, 0.1) is 0 Å². The molecule has 0 aliphatic rings. The second kappa shape index (κ2) is 5.20. The Kier molecular flexibility index (Phi) is 4.19. The van der Waals surface area contributed by atoms with Gasteiger partial charge >= 0.3 is 0 Å². The van der Waals surface area contributed by atoms with Crippen LogP contribution in [-0.2, 0) is 10.0 Å². The average molecular weight is 229 g/mol. The summed E-state index contributed by atoms with van der Waals surface area (Å²) in [5.41, 5.74) is 0.881. The highest BCUT2D eigenvalue weighted by Crippen LogP contribution is 2.06. The summed E-state index contributed by atoms with van der Waals surface area (Å²) in [6, 6.07) is 5.63. The highest BCUT2D eigenvalue weighted by Gasteiger charge is 2.07. The van der Waals surface area contributed by atoms with Crippen LogP contribution in [0.5, 0.6) is 0 Å².